The van der Waals surface area contributed by atoms with E-state index in [0.29, 0.717) is 6.54 Å². The summed E-state index contributed by atoms with van der Waals surface area (Å²) in [6.07, 6.45) is 3.58. The minimum Gasteiger partial charge on any atom is -0.493 e. The van der Waals surface area contributed by atoms with Crippen LogP contribution in [0.5, 0.6) is 11.5 Å². The largest absolute Gasteiger partial charge is 0.493 e. The molecule has 2 atom stereocenters. The molecule has 120 valence electrons. The molecule has 0 spiro atoms. The van der Waals surface area contributed by atoms with Gasteiger partial charge in [-0.25, -0.2) is 0 Å². The molecule has 5 heteroatoms. The minimum absolute atomic E-state index is 0.108. The molecule has 3 rings (SSSR count). The summed E-state index contributed by atoms with van der Waals surface area (Å²) in [6.45, 7) is 1.42. The molecule has 1 aromatic carbocycles. The van der Waals surface area contributed by atoms with Crippen LogP contribution in [0.3, 0.4) is 0 Å². The van der Waals surface area contributed by atoms with Gasteiger partial charge < -0.3 is 20.1 Å². The normalized spacial score (nSPS) is 24.0. The van der Waals surface area contributed by atoms with Crippen LogP contribution in [-0.2, 0) is 17.8 Å². The molecule has 2 unspecified atom stereocenters. The van der Waals surface area contributed by atoms with Crippen LogP contribution in [0, 0.1) is 5.92 Å². The highest BCUT2D eigenvalue weighted by atomic mass is 16.5. The van der Waals surface area contributed by atoms with Crippen LogP contribution in [0.1, 0.15) is 30.4 Å². The molecule has 1 fully saturated rings. The Bertz CT molecular complexity index is 573. The van der Waals surface area contributed by atoms with Gasteiger partial charge in [0.15, 0.2) is 11.5 Å². The molecule has 1 aromatic rings. The molecule has 2 N–H and O–H groups in total. The lowest BCUT2D eigenvalue weighted by molar-refractivity contribution is -0.136. The lowest BCUT2D eigenvalue weighted by atomic mass is 9.97. The zero-order valence-corrected chi connectivity index (χ0v) is 13.3. The van der Waals surface area contributed by atoms with Crippen molar-refractivity contribution in [2.24, 2.45) is 11.7 Å². The molecule has 22 heavy (non-hydrogen) atoms. The van der Waals surface area contributed by atoms with Crippen LogP contribution in [-0.4, -0.2) is 37.6 Å². The Morgan fingerprint density at radius 1 is 1.18 bits per heavy atom. The predicted octanol–water partition coefficient (Wildman–Crippen LogP) is 1.72. The third-order valence-electron chi connectivity index (χ3n) is 4.85. The molecule has 1 amide bonds. The highest BCUT2D eigenvalue weighted by Gasteiger charge is 2.32. The second-order valence-electron chi connectivity index (χ2n) is 6.26. The molecular formula is C17H24N2O3. The van der Waals surface area contributed by atoms with E-state index in [-0.39, 0.29) is 17.9 Å². The SMILES string of the molecule is COc1cc2c(cc1OC)CN(C(=O)C1CCC(N)C1)CC2. The van der Waals surface area contributed by atoms with Crippen LogP contribution in [0.2, 0.25) is 0 Å². The number of hydrogen-bond acceptors (Lipinski definition) is 4. The van der Waals surface area contributed by atoms with Gasteiger partial charge in [-0.3, -0.25) is 4.79 Å². The highest BCUT2D eigenvalue weighted by molar-refractivity contribution is 5.79. The molecule has 1 aliphatic heterocycles. The zero-order chi connectivity index (χ0) is 15.7. The van der Waals surface area contributed by atoms with Crippen molar-refractivity contribution < 1.29 is 14.3 Å². The second-order valence-corrected chi connectivity index (χ2v) is 6.26. The van der Waals surface area contributed by atoms with Crippen LogP contribution in [0.25, 0.3) is 0 Å². The van der Waals surface area contributed by atoms with E-state index in [1.165, 1.54) is 5.56 Å². The molecule has 5 nitrogen and oxygen atoms in total. The van der Waals surface area contributed by atoms with E-state index in [1.54, 1.807) is 14.2 Å². The van der Waals surface area contributed by atoms with Gasteiger partial charge in [-0.2, -0.15) is 0 Å². The number of carbonyl (C=O) groups excluding carboxylic acids is 1. The average molecular weight is 304 g/mol. The number of carbonyl (C=O) groups is 1. The maximum Gasteiger partial charge on any atom is 0.226 e. The van der Waals surface area contributed by atoms with Gasteiger partial charge in [0, 0.05) is 25.0 Å². The molecule has 0 radical (unpaired) electrons. The smallest absolute Gasteiger partial charge is 0.226 e. The Labute approximate surface area is 131 Å². The van der Waals surface area contributed by atoms with Gasteiger partial charge >= 0.3 is 0 Å². The summed E-state index contributed by atoms with van der Waals surface area (Å²) in [5.74, 6) is 1.84. The van der Waals surface area contributed by atoms with E-state index in [9.17, 15) is 4.79 Å². The zero-order valence-electron chi connectivity index (χ0n) is 13.3. The van der Waals surface area contributed by atoms with E-state index < -0.39 is 0 Å². The number of fused-ring (bicyclic) bond motifs is 1. The van der Waals surface area contributed by atoms with Crippen molar-refractivity contribution in [3.05, 3.63) is 23.3 Å². The van der Waals surface area contributed by atoms with E-state index in [4.69, 9.17) is 15.2 Å². The Kier molecular flexibility index (Phi) is 4.25. The van der Waals surface area contributed by atoms with Gasteiger partial charge in [-0.1, -0.05) is 0 Å². The van der Waals surface area contributed by atoms with Gasteiger partial charge in [0.05, 0.1) is 14.2 Å². The van der Waals surface area contributed by atoms with Crippen LogP contribution in [0.4, 0.5) is 0 Å². The molecule has 1 saturated carbocycles. The van der Waals surface area contributed by atoms with E-state index >= 15 is 0 Å². The van der Waals surface area contributed by atoms with Gasteiger partial charge in [-0.15, -0.1) is 0 Å². The predicted molar refractivity (Wildman–Crippen MR) is 84.0 cm³/mol. The van der Waals surface area contributed by atoms with Crippen molar-refractivity contribution in [1.29, 1.82) is 0 Å². The molecule has 0 aromatic heterocycles. The first-order valence-electron chi connectivity index (χ1n) is 7.90. The van der Waals surface area contributed by atoms with Crippen molar-refractivity contribution >= 4 is 5.91 Å². The number of benzene rings is 1. The lowest BCUT2D eigenvalue weighted by Gasteiger charge is -2.31. The molecule has 0 bridgehead atoms. The minimum atomic E-state index is 0.108. The number of nitrogens with two attached hydrogens (primary N) is 1. The number of hydrogen-bond donors (Lipinski definition) is 1. The average Bonchev–Trinajstić information content (AvgIpc) is 2.98. The summed E-state index contributed by atoms with van der Waals surface area (Å²) in [6, 6.07) is 4.21. The van der Waals surface area contributed by atoms with E-state index in [2.05, 4.69) is 0 Å². The number of ether oxygens (including phenoxy) is 2. The number of methoxy groups -OCH3 is 2. The summed E-state index contributed by atoms with van der Waals surface area (Å²) >= 11 is 0. The van der Waals surface area contributed by atoms with Crippen LogP contribution < -0.4 is 15.2 Å². The Morgan fingerprint density at radius 3 is 2.45 bits per heavy atom. The van der Waals surface area contributed by atoms with Gasteiger partial charge in [0.1, 0.15) is 0 Å². The van der Waals surface area contributed by atoms with Gasteiger partial charge in [0.25, 0.3) is 0 Å². The Morgan fingerprint density at radius 2 is 1.86 bits per heavy atom. The van der Waals surface area contributed by atoms with Gasteiger partial charge in [-0.05, 0) is 48.9 Å². The summed E-state index contributed by atoms with van der Waals surface area (Å²) in [5, 5.41) is 0. The van der Waals surface area contributed by atoms with E-state index in [1.807, 2.05) is 17.0 Å². The first-order valence-corrected chi connectivity index (χ1v) is 7.90. The maximum absolute atomic E-state index is 12.6. The van der Waals surface area contributed by atoms with Crippen molar-refractivity contribution in [3.63, 3.8) is 0 Å². The first kappa shape index (κ1) is 15.2. The monoisotopic (exact) mass is 304 g/mol. The quantitative estimate of drug-likeness (QED) is 0.923. The molecule has 0 saturated heterocycles. The third kappa shape index (κ3) is 2.77. The number of amides is 1. The van der Waals surface area contributed by atoms with Gasteiger partial charge in [0.2, 0.25) is 5.91 Å². The molecule has 2 aliphatic rings. The van der Waals surface area contributed by atoms with Crippen molar-refractivity contribution in [1.82, 2.24) is 4.90 Å². The first-order chi connectivity index (χ1) is 10.6. The Balaban J connectivity index is 1.77. The van der Waals surface area contributed by atoms with Crippen LogP contribution in [0.15, 0.2) is 12.1 Å². The summed E-state index contributed by atoms with van der Waals surface area (Å²) in [5.41, 5.74) is 8.33. The fraction of sp³-hybridized carbons (Fsp3) is 0.588. The number of nitrogens with zero attached hydrogens (tertiary/aromatic N) is 1. The second kappa shape index (κ2) is 6.16. The standard InChI is InChI=1S/C17H24N2O3/c1-21-15-8-11-5-6-19(10-13(11)9-16(15)22-2)17(20)12-3-4-14(18)7-12/h8-9,12,14H,3-7,10,18H2,1-2H3. The van der Waals surface area contributed by atoms with E-state index in [0.717, 1.165) is 49.3 Å². The van der Waals surface area contributed by atoms with Crippen molar-refractivity contribution in [2.45, 2.75) is 38.3 Å². The molecule has 1 heterocycles. The topological polar surface area (TPSA) is 64.8 Å². The fourth-order valence-corrected chi connectivity index (χ4v) is 3.57. The molecule has 1 aliphatic carbocycles. The summed E-state index contributed by atoms with van der Waals surface area (Å²) < 4.78 is 10.7. The summed E-state index contributed by atoms with van der Waals surface area (Å²) in [4.78, 5) is 14.6. The van der Waals surface area contributed by atoms with Crippen molar-refractivity contribution in [3.8, 4) is 11.5 Å². The fourth-order valence-electron chi connectivity index (χ4n) is 3.57. The maximum atomic E-state index is 12.6. The molecular weight excluding hydrogens is 280 g/mol. The van der Waals surface area contributed by atoms with Crippen LogP contribution >= 0.6 is 0 Å². The summed E-state index contributed by atoms with van der Waals surface area (Å²) in [7, 11) is 3.28. The Hall–Kier alpha value is -1.75. The highest BCUT2D eigenvalue weighted by Crippen LogP contribution is 2.34. The number of rotatable bonds is 3. The third-order valence-corrected chi connectivity index (χ3v) is 4.85. The lowest BCUT2D eigenvalue weighted by Crippen LogP contribution is -2.39. The van der Waals surface area contributed by atoms with Crippen molar-refractivity contribution in [2.75, 3.05) is 20.8 Å².